The van der Waals surface area contributed by atoms with Crippen LogP contribution < -0.4 is 10.6 Å². The van der Waals surface area contributed by atoms with Gasteiger partial charge in [0.1, 0.15) is 51.8 Å². The fraction of sp³-hybridized carbons (Fsp3) is 0.467. The van der Waals surface area contributed by atoms with Gasteiger partial charge in [0.2, 0.25) is 0 Å². The van der Waals surface area contributed by atoms with Crippen LogP contribution in [-0.2, 0) is 47.5 Å². The van der Waals surface area contributed by atoms with Gasteiger partial charge in [-0.3, -0.25) is 0 Å². The number of carbonyl (C=O) groups excluding carboxylic acids is 8. The Morgan fingerprint density at radius 3 is 1.11 bits per heavy atom. The largest absolute Gasteiger partial charge is 0.459 e. The zero-order chi connectivity index (χ0) is 46.6. The number of esters is 6. The molecule has 2 unspecified atom stereocenters. The molecule has 2 atom stereocenters. The minimum Gasteiger partial charge on any atom is -0.459 e. The van der Waals surface area contributed by atoms with E-state index in [9.17, 15) is 38.4 Å². The molecule has 0 heterocycles. The second-order valence-corrected chi connectivity index (χ2v) is 13.9. The van der Waals surface area contributed by atoms with Crippen molar-refractivity contribution in [2.24, 2.45) is 11.8 Å². The van der Waals surface area contributed by atoms with Crippen molar-refractivity contribution in [2.45, 2.75) is 72.0 Å². The Balaban J connectivity index is 0.000000372. The van der Waals surface area contributed by atoms with E-state index in [-0.39, 0.29) is 61.9 Å². The quantitative estimate of drug-likeness (QED) is 0.0679. The summed E-state index contributed by atoms with van der Waals surface area (Å²) in [5.74, 6) is -2.00. The van der Waals surface area contributed by atoms with Crippen LogP contribution in [0.5, 0.6) is 0 Å². The first-order valence-corrected chi connectivity index (χ1v) is 20.6. The van der Waals surface area contributed by atoms with Gasteiger partial charge in [-0.05, 0) is 70.2 Å². The lowest BCUT2D eigenvalue weighted by Crippen LogP contribution is -2.30. The van der Waals surface area contributed by atoms with E-state index in [0.717, 1.165) is 12.2 Å². The van der Waals surface area contributed by atoms with Crippen LogP contribution in [0.15, 0.2) is 73.8 Å². The molecule has 0 saturated heterocycles. The normalized spacial score (nSPS) is 15.0. The molecule has 2 fully saturated rings. The highest BCUT2D eigenvalue weighted by atomic mass is 16.6. The van der Waals surface area contributed by atoms with Gasteiger partial charge < -0.3 is 48.5 Å². The zero-order valence-electron chi connectivity index (χ0n) is 36.2. The van der Waals surface area contributed by atoms with Gasteiger partial charge >= 0.3 is 48.0 Å². The summed E-state index contributed by atoms with van der Waals surface area (Å²) in [5.41, 5.74) is 0.00119. The Bertz CT molecular complexity index is 1720. The standard InChI is InChI=1S/2C19H23NO8.C7H12/c2*1-4-16(21)25-10-11-26-17(22)14-8-6-7-9-15(14)18(23)27-12-13(3)28-19(24)20-5-2;1-2-7-4-3-6(1)5-7/h2*4,6-9,13H,1,5,10-12H2,2-3H3,(H,20,24);6-7H,1-5H2. The lowest BCUT2D eigenvalue weighted by Gasteiger charge is -2.14. The lowest BCUT2D eigenvalue weighted by molar-refractivity contribution is -0.139. The van der Waals surface area contributed by atoms with Crippen LogP contribution >= 0.6 is 0 Å². The molecule has 2 N–H and O–H groups in total. The monoisotopic (exact) mass is 882 g/mol. The smallest absolute Gasteiger partial charge is 0.407 e. The molecule has 18 nitrogen and oxygen atoms in total. The molecule has 2 bridgehead atoms. The molecule has 2 saturated carbocycles. The molecular weight excluding hydrogens is 824 g/mol. The molecule has 2 aromatic rings. The highest BCUT2D eigenvalue weighted by Gasteiger charge is 2.30. The molecule has 63 heavy (non-hydrogen) atoms. The summed E-state index contributed by atoms with van der Waals surface area (Å²) in [6.45, 7) is 12.9. The van der Waals surface area contributed by atoms with Crippen molar-refractivity contribution in [3.05, 3.63) is 96.1 Å². The number of hydrogen-bond donors (Lipinski definition) is 2. The van der Waals surface area contributed by atoms with E-state index >= 15 is 0 Å². The molecule has 2 amide bonds. The minimum atomic E-state index is -0.770. The number of ether oxygens (including phenoxy) is 8. The van der Waals surface area contributed by atoms with E-state index in [1.807, 2.05) is 0 Å². The number of rotatable bonds is 20. The number of carbonyl (C=O) groups is 8. The average molecular weight is 883 g/mol. The van der Waals surface area contributed by atoms with Crippen molar-refractivity contribution in [3.63, 3.8) is 0 Å². The van der Waals surface area contributed by atoms with Crippen LogP contribution in [-0.4, -0.2) is 113 Å². The number of hydrogen-bond acceptors (Lipinski definition) is 16. The van der Waals surface area contributed by atoms with Crippen molar-refractivity contribution >= 4 is 48.0 Å². The lowest BCUT2D eigenvalue weighted by atomic mass is 10.0. The molecule has 2 aromatic carbocycles. The van der Waals surface area contributed by atoms with Gasteiger partial charge in [-0.1, -0.05) is 63.1 Å². The van der Waals surface area contributed by atoms with E-state index in [2.05, 4.69) is 23.8 Å². The van der Waals surface area contributed by atoms with Gasteiger partial charge in [-0.15, -0.1) is 0 Å². The number of amides is 2. The third-order valence-corrected chi connectivity index (χ3v) is 8.98. The van der Waals surface area contributed by atoms with Crippen LogP contribution in [0.25, 0.3) is 0 Å². The predicted octanol–water partition coefficient (Wildman–Crippen LogP) is 5.92. The maximum atomic E-state index is 12.3. The minimum absolute atomic E-state index is 0.000144. The summed E-state index contributed by atoms with van der Waals surface area (Å²) in [7, 11) is 0. The zero-order valence-corrected chi connectivity index (χ0v) is 36.2. The summed E-state index contributed by atoms with van der Waals surface area (Å²) < 4.78 is 39.5. The first kappa shape index (κ1) is 52.4. The van der Waals surface area contributed by atoms with Crippen LogP contribution in [0.3, 0.4) is 0 Å². The third-order valence-electron chi connectivity index (χ3n) is 8.98. The van der Waals surface area contributed by atoms with Gasteiger partial charge in [0.15, 0.2) is 0 Å². The molecule has 0 radical (unpaired) electrons. The number of benzene rings is 2. The second-order valence-electron chi connectivity index (χ2n) is 13.9. The fourth-order valence-electron chi connectivity index (χ4n) is 6.03. The van der Waals surface area contributed by atoms with Crippen LogP contribution in [0.1, 0.15) is 101 Å². The van der Waals surface area contributed by atoms with E-state index in [4.69, 9.17) is 37.9 Å². The van der Waals surface area contributed by atoms with Crippen molar-refractivity contribution in [3.8, 4) is 0 Å². The Morgan fingerprint density at radius 1 is 0.540 bits per heavy atom. The van der Waals surface area contributed by atoms with Gasteiger partial charge in [0.25, 0.3) is 0 Å². The number of fused-ring (bicyclic) bond motifs is 2. The van der Waals surface area contributed by atoms with Crippen molar-refractivity contribution in [2.75, 3.05) is 52.7 Å². The average Bonchev–Trinajstić information content (AvgIpc) is 3.95. The predicted molar refractivity (Wildman–Crippen MR) is 226 cm³/mol. The molecule has 2 aliphatic carbocycles. The van der Waals surface area contributed by atoms with E-state index in [1.54, 1.807) is 84.1 Å². The summed E-state index contributed by atoms with van der Waals surface area (Å²) in [6.07, 6.45) is 7.22. The summed E-state index contributed by atoms with van der Waals surface area (Å²) in [5, 5.41) is 4.91. The molecule has 344 valence electrons. The third kappa shape index (κ3) is 20.6. The molecular formula is C45H58N2O16. The highest BCUT2D eigenvalue weighted by molar-refractivity contribution is 6.04. The van der Waals surface area contributed by atoms with Gasteiger partial charge in [-0.2, -0.15) is 0 Å². The Hall–Kier alpha value is -6.72. The van der Waals surface area contributed by atoms with Crippen molar-refractivity contribution in [1.82, 2.24) is 10.6 Å². The second kappa shape index (κ2) is 29.5. The summed E-state index contributed by atoms with van der Waals surface area (Å²) >= 11 is 0. The maximum Gasteiger partial charge on any atom is 0.407 e. The van der Waals surface area contributed by atoms with E-state index < -0.39 is 60.2 Å². The Labute approximate surface area is 366 Å². The molecule has 18 heteroatoms. The highest BCUT2D eigenvalue weighted by Crippen LogP contribution is 2.43. The summed E-state index contributed by atoms with van der Waals surface area (Å²) in [6, 6.07) is 11.9. The maximum absolute atomic E-state index is 12.3. The first-order valence-electron chi connectivity index (χ1n) is 20.6. The topological polar surface area (TPSA) is 234 Å². The van der Waals surface area contributed by atoms with Crippen LogP contribution in [0.4, 0.5) is 9.59 Å². The number of alkyl carbamates (subject to hydrolysis) is 2. The van der Waals surface area contributed by atoms with Crippen LogP contribution in [0.2, 0.25) is 0 Å². The van der Waals surface area contributed by atoms with Gasteiger partial charge in [0.05, 0.1) is 22.3 Å². The molecule has 0 spiro atoms. The van der Waals surface area contributed by atoms with Crippen LogP contribution in [0, 0.1) is 11.8 Å². The molecule has 2 aliphatic rings. The molecule has 4 rings (SSSR count). The summed E-state index contributed by atoms with van der Waals surface area (Å²) in [4.78, 5) is 93.4. The number of nitrogens with one attached hydrogen (secondary N) is 2. The Morgan fingerprint density at radius 2 is 0.841 bits per heavy atom. The van der Waals surface area contributed by atoms with E-state index in [1.165, 1.54) is 36.1 Å². The SMILES string of the molecule is C1CC2CCC1C2.C=CC(=O)OCCOC(=O)c1ccccc1C(=O)OCC(C)OC(=O)NCC.C=CC(=O)OCCOC(=O)c1ccccc1C(=O)OCC(C)OC(=O)NCC. The fourth-order valence-corrected chi connectivity index (χ4v) is 6.03. The molecule has 0 aromatic heterocycles. The van der Waals surface area contributed by atoms with E-state index in [0.29, 0.717) is 13.1 Å². The van der Waals surface area contributed by atoms with Gasteiger partial charge in [0, 0.05) is 25.2 Å². The van der Waals surface area contributed by atoms with Crippen molar-refractivity contribution < 1.29 is 76.3 Å². The molecule has 0 aliphatic heterocycles. The first-order chi connectivity index (χ1) is 30.2. The van der Waals surface area contributed by atoms with Gasteiger partial charge in [-0.25, -0.2) is 38.4 Å². The Kier molecular flexibility index (Phi) is 24.6. The van der Waals surface area contributed by atoms with Crippen molar-refractivity contribution in [1.29, 1.82) is 0 Å².